The van der Waals surface area contributed by atoms with Crippen molar-refractivity contribution in [1.82, 2.24) is 10.9 Å². The number of hydrogen-bond acceptors (Lipinski definition) is 4. The molecule has 2 aromatic carbocycles. The maximum Gasteiger partial charge on any atom is 0.279 e. The van der Waals surface area contributed by atoms with E-state index in [1.807, 2.05) is 62.4 Å². The van der Waals surface area contributed by atoms with Crippen molar-refractivity contribution in [2.24, 2.45) is 0 Å². The molecule has 6 heteroatoms. The fraction of sp³-hybridized carbons (Fsp3) is 0.333. The van der Waals surface area contributed by atoms with Crippen LogP contribution in [-0.2, 0) is 20.9 Å². The zero-order valence-electron chi connectivity index (χ0n) is 16.1. The lowest BCUT2D eigenvalue weighted by atomic mass is 10.1. The standard InChI is InChI=1S/C21H26N2O4/c1-14-9-8-12-19(15(14)2)27-17(4)21(25)23-22-20(24)16(3)26-13-18-10-6-5-7-11-18/h5-12,16-17H,13H2,1-4H3,(H,22,24)(H,23,25). The summed E-state index contributed by atoms with van der Waals surface area (Å²) in [5.41, 5.74) is 7.77. The van der Waals surface area contributed by atoms with Crippen molar-refractivity contribution in [3.05, 3.63) is 65.2 Å². The summed E-state index contributed by atoms with van der Waals surface area (Å²) >= 11 is 0. The van der Waals surface area contributed by atoms with Crippen LogP contribution in [0.1, 0.15) is 30.5 Å². The van der Waals surface area contributed by atoms with Gasteiger partial charge in [0.05, 0.1) is 6.61 Å². The predicted molar refractivity (Wildman–Crippen MR) is 103 cm³/mol. The highest BCUT2D eigenvalue weighted by molar-refractivity contribution is 5.86. The molecule has 6 nitrogen and oxygen atoms in total. The Morgan fingerprint density at radius 2 is 1.52 bits per heavy atom. The first-order valence-electron chi connectivity index (χ1n) is 8.86. The first-order valence-corrected chi connectivity index (χ1v) is 8.86. The summed E-state index contributed by atoms with van der Waals surface area (Å²) in [6, 6.07) is 15.2. The molecule has 0 bridgehead atoms. The lowest BCUT2D eigenvalue weighted by Crippen LogP contribution is -2.50. The average molecular weight is 370 g/mol. The van der Waals surface area contributed by atoms with Gasteiger partial charge in [-0.3, -0.25) is 20.4 Å². The number of amides is 2. The first-order chi connectivity index (χ1) is 12.9. The van der Waals surface area contributed by atoms with Crippen LogP contribution in [0.15, 0.2) is 48.5 Å². The third-order valence-electron chi connectivity index (χ3n) is 4.25. The molecule has 0 aliphatic rings. The number of carbonyl (C=O) groups is 2. The fourth-order valence-corrected chi connectivity index (χ4v) is 2.29. The maximum atomic E-state index is 12.2. The minimum atomic E-state index is -0.758. The molecule has 0 spiro atoms. The van der Waals surface area contributed by atoms with Gasteiger partial charge in [0.25, 0.3) is 11.8 Å². The molecule has 27 heavy (non-hydrogen) atoms. The second-order valence-corrected chi connectivity index (χ2v) is 6.38. The lowest BCUT2D eigenvalue weighted by molar-refractivity contribution is -0.138. The normalized spacial score (nSPS) is 12.7. The molecule has 2 rings (SSSR count). The van der Waals surface area contributed by atoms with Crippen LogP contribution >= 0.6 is 0 Å². The molecule has 2 unspecified atom stereocenters. The van der Waals surface area contributed by atoms with Crippen LogP contribution in [-0.4, -0.2) is 24.0 Å². The van der Waals surface area contributed by atoms with E-state index >= 15 is 0 Å². The van der Waals surface area contributed by atoms with Gasteiger partial charge in [-0.1, -0.05) is 42.5 Å². The number of carbonyl (C=O) groups excluding carboxylic acids is 2. The Balaban J connectivity index is 1.78. The Kier molecular flexibility index (Phi) is 7.37. The van der Waals surface area contributed by atoms with Gasteiger partial charge in [-0.05, 0) is 50.5 Å². The number of benzene rings is 2. The second kappa shape index (κ2) is 9.73. The Morgan fingerprint density at radius 1 is 0.889 bits per heavy atom. The van der Waals surface area contributed by atoms with Crippen molar-refractivity contribution >= 4 is 11.8 Å². The van der Waals surface area contributed by atoms with E-state index in [1.165, 1.54) is 0 Å². The second-order valence-electron chi connectivity index (χ2n) is 6.38. The van der Waals surface area contributed by atoms with Crippen LogP contribution in [0.5, 0.6) is 5.75 Å². The van der Waals surface area contributed by atoms with Crippen molar-refractivity contribution in [3.63, 3.8) is 0 Å². The zero-order valence-corrected chi connectivity index (χ0v) is 16.1. The number of aryl methyl sites for hydroxylation is 1. The van der Waals surface area contributed by atoms with Crippen molar-refractivity contribution in [3.8, 4) is 5.75 Å². The van der Waals surface area contributed by atoms with E-state index < -0.39 is 24.0 Å². The topological polar surface area (TPSA) is 76.7 Å². The minimum Gasteiger partial charge on any atom is -0.481 e. The molecular formula is C21H26N2O4. The quantitative estimate of drug-likeness (QED) is 0.735. The molecule has 0 aliphatic carbocycles. The Morgan fingerprint density at radius 3 is 2.19 bits per heavy atom. The van der Waals surface area contributed by atoms with Crippen molar-refractivity contribution in [2.45, 2.75) is 46.5 Å². The van der Waals surface area contributed by atoms with Crippen LogP contribution in [0.25, 0.3) is 0 Å². The third kappa shape index (κ3) is 6.11. The van der Waals surface area contributed by atoms with Crippen LogP contribution in [0.3, 0.4) is 0 Å². The van der Waals surface area contributed by atoms with Gasteiger partial charge in [0.1, 0.15) is 11.9 Å². The smallest absolute Gasteiger partial charge is 0.279 e. The first kappa shape index (κ1) is 20.5. The van der Waals surface area contributed by atoms with E-state index in [2.05, 4.69) is 10.9 Å². The molecule has 0 fully saturated rings. The van der Waals surface area contributed by atoms with Gasteiger partial charge in [-0.15, -0.1) is 0 Å². The van der Waals surface area contributed by atoms with Crippen LogP contribution in [0.4, 0.5) is 0 Å². The number of nitrogens with one attached hydrogen (secondary N) is 2. The molecule has 2 N–H and O–H groups in total. The summed E-state index contributed by atoms with van der Waals surface area (Å²) in [4.78, 5) is 24.2. The van der Waals surface area contributed by atoms with E-state index in [9.17, 15) is 9.59 Å². The highest BCUT2D eigenvalue weighted by Gasteiger charge is 2.19. The van der Waals surface area contributed by atoms with Gasteiger partial charge >= 0.3 is 0 Å². The van der Waals surface area contributed by atoms with E-state index in [0.717, 1.165) is 16.7 Å². The average Bonchev–Trinajstić information content (AvgIpc) is 2.68. The molecule has 2 atom stereocenters. The molecule has 0 aliphatic heterocycles. The number of rotatable bonds is 7. The molecule has 0 aromatic heterocycles. The summed E-state index contributed by atoms with van der Waals surface area (Å²) in [6.07, 6.45) is -1.47. The Labute approximate surface area is 159 Å². The van der Waals surface area contributed by atoms with Gasteiger partial charge in [0, 0.05) is 0 Å². The monoisotopic (exact) mass is 370 g/mol. The number of hydrogen-bond donors (Lipinski definition) is 2. The number of ether oxygens (including phenoxy) is 2. The molecule has 2 aromatic rings. The summed E-state index contributed by atoms with van der Waals surface area (Å²) in [7, 11) is 0. The van der Waals surface area contributed by atoms with E-state index in [0.29, 0.717) is 12.4 Å². The maximum absolute atomic E-state index is 12.2. The van der Waals surface area contributed by atoms with Gasteiger partial charge in [0.2, 0.25) is 0 Å². The minimum absolute atomic E-state index is 0.315. The molecule has 0 radical (unpaired) electrons. The van der Waals surface area contributed by atoms with Gasteiger partial charge in [-0.2, -0.15) is 0 Å². The fourth-order valence-electron chi connectivity index (χ4n) is 2.29. The van der Waals surface area contributed by atoms with Gasteiger partial charge < -0.3 is 9.47 Å². The van der Waals surface area contributed by atoms with Gasteiger partial charge in [0.15, 0.2) is 6.10 Å². The van der Waals surface area contributed by atoms with Crippen LogP contribution in [0, 0.1) is 13.8 Å². The highest BCUT2D eigenvalue weighted by atomic mass is 16.5. The lowest BCUT2D eigenvalue weighted by Gasteiger charge is -2.18. The van der Waals surface area contributed by atoms with Gasteiger partial charge in [-0.25, -0.2) is 0 Å². The van der Waals surface area contributed by atoms with Crippen molar-refractivity contribution in [1.29, 1.82) is 0 Å². The summed E-state index contributed by atoms with van der Waals surface area (Å²) in [6.45, 7) is 7.47. The van der Waals surface area contributed by atoms with Crippen LogP contribution in [0.2, 0.25) is 0 Å². The highest BCUT2D eigenvalue weighted by Crippen LogP contribution is 2.21. The zero-order chi connectivity index (χ0) is 19.8. The predicted octanol–water partition coefficient (Wildman–Crippen LogP) is 2.82. The molecule has 2 amide bonds. The Hall–Kier alpha value is -2.86. The molecule has 0 heterocycles. The molecular weight excluding hydrogens is 344 g/mol. The largest absolute Gasteiger partial charge is 0.481 e. The van der Waals surface area contributed by atoms with Crippen molar-refractivity contribution in [2.75, 3.05) is 0 Å². The van der Waals surface area contributed by atoms with E-state index in [1.54, 1.807) is 13.8 Å². The summed E-state index contributed by atoms with van der Waals surface area (Å²) in [5.74, 6) is -0.235. The summed E-state index contributed by atoms with van der Waals surface area (Å²) in [5, 5.41) is 0. The number of hydrazine groups is 1. The van der Waals surface area contributed by atoms with E-state index in [-0.39, 0.29) is 0 Å². The van der Waals surface area contributed by atoms with E-state index in [4.69, 9.17) is 9.47 Å². The molecule has 0 saturated carbocycles. The third-order valence-corrected chi connectivity index (χ3v) is 4.25. The SMILES string of the molecule is Cc1cccc(OC(C)C(=O)NNC(=O)C(C)OCc2ccccc2)c1C. The molecule has 0 saturated heterocycles. The van der Waals surface area contributed by atoms with Crippen LogP contribution < -0.4 is 15.6 Å². The van der Waals surface area contributed by atoms with Crippen molar-refractivity contribution < 1.29 is 19.1 Å². The summed E-state index contributed by atoms with van der Waals surface area (Å²) < 4.78 is 11.2. The molecule has 144 valence electrons. The Bertz CT molecular complexity index is 777.